The molecular weight excluding hydrogens is 281 g/mol. The summed E-state index contributed by atoms with van der Waals surface area (Å²) < 4.78 is 20.6. The lowest BCUT2D eigenvalue weighted by Gasteiger charge is -2.11. The minimum atomic E-state index is -0.518. The highest BCUT2D eigenvalue weighted by Crippen LogP contribution is 2.31. The average Bonchev–Trinajstić information content (AvgIpc) is 2.74. The van der Waals surface area contributed by atoms with E-state index in [9.17, 15) is 4.39 Å². The summed E-state index contributed by atoms with van der Waals surface area (Å²) in [6.45, 7) is 0. The van der Waals surface area contributed by atoms with Gasteiger partial charge in [-0.05, 0) is 18.2 Å². The van der Waals surface area contributed by atoms with Crippen molar-refractivity contribution in [3.8, 4) is 11.4 Å². The van der Waals surface area contributed by atoms with Crippen LogP contribution in [0, 0.1) is 5.82 Å². The fourth-order valence-electron chi connectivity index (χ4n) is 2.16. The Morgan fingerprint density at radius 2 is 2.05 bits per heavy atom. The fraction of sp³-hybridized carbons (Fsp3) is 0.0714. The van der Waals surface area contributed by atoms with Gasteiger partial charge in [0.1, 0.15) is 11.6 Å². The van der Waals surface area contributed by atoms with E-state index < -0.39 is 5.82 Å². The first-order valence-corrected chi connectivity index (χ1v) is 6.26. The van der Waals surface area contributed by atoms with E-state index in [4.69, 9.17) is 22.1 Å². The number of anilines is 1. The van der Waals surface area contributed by atoms with Crippen molar-refractivity contribution in [1.82, 2.24) is 9.55 Å². The molecule has 3 aromatic rings. The minimum absolute atomic E-state index is 0.0159. The van der Waals surface area contributed by atoms with Gasteiger partial charge >= 0.3 is 0 Å². The molecule has 0 aliphatic heterocycles. The van der Waals surface area contributed by atoms with Gasteiger partial charge in [0.2, 0.25) is 5.95 Å². The van der Waals surface area contributed by atoms with E-state index in [-0.39, 0.29) is 11.0 Å². The third-order valence-corrected chi connectivity index (χ3v) is 3.34. The first-order chi connectivity index (χ1) is 9.61. The van der Waals surface area contributed by atoms with E-state index in [2.05, 4.69) is 4.98 Å². The highest BCUT2D eigenvalue weighted by atomic mass is 35.5. The third-order valence-electron chi connectivity index (χ3n) is 3.05. The van der Waals surface area contributed by atoms with E-state index in [1.54, 1.807) is 17.7 Å². The first-order valence-electron chi connectivity index (χ1n) is 5.88. The minimum Gasteiger partial charge on any atom is -0.495 e. The molecule has 0 amide bonds. The SMILES string of the molecule is COc1ccccc1-n1c(N)nc2cc(Cl)c(F)cc21. The topological polar surface area (TPSA) is 53.1 Å². The highest BCUT2D eigenvalue weighted by molar-refractivity contribution is 6.31. The van der Waals surface area contributed by atoms with Crippen molar-refractivity contribution < 1.29 is 9.13 Å². The molecule has 0 radical (unpaired) electrons. The number of nitrogen functional groups attached to an aromatic ring is 1. The number of nitrogens with two attached hydrogens (primary N) is 1. The van der Waals surface area contributed by atoms with Crippen molar-refractivity contribution in [2.45, 2.75) is 0 Å². The van der Waals surface area contributed by atoms with E-state index in [0.29, 0.717) is 22.5 Å². The summed E-state index contributed by atoms with van der Waals surface area (Å²) in [4.78, 5) is 4.20. The van der Waals surface area contributed by atoms with Gasteiger partial charge in [0.25, 0.3) is 0 Å². The molecule has 0 saturated carbocycles. The molecule has 2 N–H and O–H groups in total. The van der Waals surface area contributed by atoms with Crippen LogP contribution in [-0.2, 0) is 0 Å². The second kappa shape index (κ2) is 4.68. The first kappa shape index (κ1) is 12.7. The number of hydrogen-bond donors (Lipinski definition) is 1. The standard InChI is InChI=1S/C14H11ClFN3O/c1-20-13-5-3-2-4-11(13)19-12-7-9(16)8(15)6-10(12)18-14(19)17/h2-7H,1H3,(H2,17,18). The lowest BCUT2D eigenvalue weighted by Crippen LogP contribution is -2.02. The van der Waals surface area contributed by atoms with Crippen molar-refractivity contribution in [3.05, 3.63) is 47.2 Å². The van der Waals surface area contributed by atoms with Crippen LogP contribution in [-0.4, -0.2) is 16.7 Å². The number of para-hydroxylation sites is 2. The largest absolute Gasteiger partial charge is 0.495 e. The van der Waals surface area contributed by atoms with Crippen LogP contribution in [0.2, 0.25) is 5.02 Å². The highest BCUT2D eigenvalue weighted by Gasteiger charge is 2.15. The van der Waals surface area contributed by atoms with Gasteiger partial charge in [-0.1, -0.05) is 23.7 Å². The fourth-order valence-corrected chi connectivity index (χ4v) is 2.32. The van der Waals surface area contributed by atoms with Crippen LogP contribution in [0.25, 0.3) is 16.7 Å². The number of nitrogens with zero attached hydrogens (tertiary/aromatic N) is 2. The molecule has 1 heterocycles. The molecule has 4 nitrogen and oxygen atoms in total. The molecule has 1 aromatic heterocycles. The summed E-state index contributed by atoms with van der Waals surface area (Å²) in [5.74, 6) is 0.343. The summed E-state index contributed by atoms with van der Waals surface area (Å²) in [5.41, 5.74) is 7.69. The van der Waals surface area contributed by atoms with Crippen LogP contribution in [0.15, 0.2) is 36.4 Å². The molecule has 0 aliphatic rings. The number of benzene rings is 2. The van der Waals surface area contributed by atoms with Crippen molar-refractivity contribution in [2.24, 2.45) is 0 Å². The molecule has 3 rings (SSSR count). The predicted octanol–water partition coefficient (Wildman–Crippen LogP) is 3.41. The monoisotopic (exact) mass is 291 g/mol. The van der Waals surface area contributed by atoms with E-state index in [1.807, 2.05) is 18.2 Å². The second-order valence-electron chi connectivity index (χ2n) is 4.23. The van der Waals surface area contributed by atoms with Gasteiger partial charge in [0.15, 0.2) is 0 Å². The van der Waals surface area contributed by atoms with Crippen molar-refractivity contribution in [2.75, 3.05) is 12.8 Å². The van der Waals surface area contributed by atoms with Crippen LogP contribution in [0.3, 0.4) is 0 Å². The maximum absolute atomic E-state index is 13.7. The zero-order valence-corrected chi connectivity index (χ0v) is 11.4. The Kier molecular flexibility index (Phi) is 2.99. The number of methoxy groups -OCH3 is 1. The van der Waals surface area contributed by atoms with Gasteiger partial charge in [-0.25, -0.2) is 9.37 Å². The zero-order chi connectivity index (χ0) is 14.3. The van der Waals surface area contributed by atoms with Gasteiger partial charge in [-0.15, -0.1) is 0 Å². The Labute approximate surface area is 119 Å². The Morgan fingerprint density at radius 1 is 1.30 bits per heavy atom. The third kappa shape index (κ3) is 1.87. The van der Waals surface area contributed by atoms with Crippen molar-refractivity contribution >= 4 is 28.6 Å². The lowest BCUT2D eigenvalue weighted by atomic mass is 10.2. The predicted molar refractivity (Wildman–Crippen MR) is 77.0 cm³/mol. The summed E-state index contributed by atoms with van der Waals surface area (Å²) in [5, 5.41) is 0.0159. The van der Waals surface area contributed by atoms with Gasteiger partial charge in [0.05, 0.1) is 28.9 Å². The number of rotatable bonds is 2. The Bertz CT molecular complexity index is 800. The average molecular weight is 292 g/mol. The number of halogens is 2. The molecule has 6 heteroatoms. The summed E-state index contributed by atoms with van der Waals surface area (Å²) in [6.07, 6.45) is 0. The summed E-state index contributed by atoms with van der Waals surface area (Å²) in [7, 11) is 1.56. The van der Waals surface area contributed by atoms with Gasteiger partial charge in [-0.2, -0.15) is 0 Å². The molecule has 0 aliphatic carbocycles. The normalized spacial score (nSPS) is 10.9. The number of imidazole rings is 1. The maximum atomic E-state index is 13.7. The van der Waals surface area contributed by atoms with E-state index in [1.165, 1.54) is 12.1 Å². The maximum Gasteiger partial charge on any atom is 0.206 e. The Balaban J connectivity index is 2.36. The van der Waals surface area contributed by atoms with Crippen LogP contribution in [0.1, 0.15) is 0 Å². The Morgan fingerprint density at radius 3 is 2.80 bits per heavy atom. The zero-order valence-electron chi connectivity index (χ0n) is 10.6. The molecule has 0 fully saturated rings. The summed E-state index contributed by atoms with van der Waals surface area (Å²) in [6, 6.07) is 10.1. The van der Waals surface area contributed by atoms with Crippen LogP contribution in [0.5, 0.6) is 5.75 Å². The van der Waals surface area contributed by atoms with Crippen LogP contribution in [0.4, 0.5) is 10.3 Å². The van der Waals surface area contributed by atoms with E-state index >= 15 is 0 Å². The number of fused-ring (bicyclic) bond motifs is 1. The second-order valence-corrected chi connectivity index (χ2v) is 4.64. The quantitative estimate of drug-likeness (QED) is 0.787. The molecule has 2 aromatic carbocycles. The van der Waals surface area contributed by atoms with Gasteiger partial charge < -0.3 is 10.5 Å². The Hall–Kier alpha value is -2.27. The van der Waals surface area contributed by atoms with E-state index in [0.717, 1.165) is 0 Å². The molecule has 0 bridgehead atoms. The van der Waals surface area contributed by atoms with Gasteiger partial charge in [-0.3, -0.25) is 4.57 Å². The number of aromatic nitrogens is 2. The molecule has 0 unspecified atom stereocenters. The van der Waals surface area contributed by atoms with Crippen LogP contribution < -0.4 is 10.5 Å². The van der Waals surface area contributed by atoms with Crippen molar-refractivity contribution in [3.63, 3.8) is 0 Å². The molecule has 0 saturated heterocycles. The van der Waals surface area contributed by atoms with Crippen molar-refractivity contribution in [1.29, 1.82) is 0 Å². The molecule has 102 valence electrons. The molecule has 0 atom stereocenters. The lowest BCUT2D eigenvalue weighted by molar-refractivity contribution is 0.413. The smallest absolute Gasteiger partial charge is 0.206 e. The van der Waals surface area contributed by atoms with Crippen LogP contribution >= 0.6 is 11.6 Å². The molecule has 20 heavy (non-hydrogen) atoms. The molecule has 0 spiro atoms. The molecular formula is C14H11ClFN3O. The number of ether oxygens (including phenoxy) is 1. The van der Waals surface area contributed by atoms with Gasteiger partial charge in [0, 0.05) is 6.07 Å². The number of hydrogen-bond acceptors (Lipinski definition) is 3. The summed E-state index contributed by atoms with van der Waals surface area (Å²) >= 11 is 5.76.